The maximum atomic E-state index is 12.4. The van der Waals surface area contributed by atoms with Crippen LogP contribution in [-0.4, -0.2) is 68.1 Å². The molecule has 2 atom stereocenters. The van der Waals surface area contributed by atoms with Gasteiger partial charge in [0.2, 0.25) is 11.9 Å². The normalized spacial score (nSPS) is 16.2. The van der Waals surface area contributed by atoms with Crippen molar-refractivity contribution in [3.8, 4) is 0 Å². The van der Waals surface area contributed by atoms with E-state index in [-0.39, 0.29) is 36.6 Å². The molecule has 2 unspecified atom stereocenters. The summed E-state index contributed by atoms with van der Waals surface area (Å²) in [5.41, 5.74) is 2.94. The Balaban J connectivity index is 1.44. The zero-order valence-corrected chi connectivity index (χ0v) is 22.2. The van der Waals surface area contributed by atoms with Crippen molar-refractivity contribution >= 4 is 22.9 Å². The number of aromatic nitrogens is 3. The molecule has 37 heavy (non-hydrogen) atoms. The Kier molecular flexibility index (Phi) is 8.56. The molecule has 9 nitrogen and oxygen atoms in total. The molecule has 1 aliphatic heterocycles. The maximum Gasteiger partial charge on any atom is 0.252 e. The number of fused-ring (bicyclic) bond motifs is 1. The Morgan fingerprint density at radius 1 is 1.03 bits per heavy atom. The van der Waals surface area contributed by atoms with E-state index in [1.807, 2.05) is 18.7 Å². The minimum absolute atomic E-state index is 0.000523. The molecule has 198 valence electrons. The van der Waals surface area contributed by atoms with Gasteiger partial charge >= 0.3 is 0 Å². The van der Waals surface area contributed by atoms with Gasteiger partial charge in [-0.1, -0.05) is 31.2 Å². The van der Waals surface area contributed by atoms with Crippen molar-refractivity contribution in [2.24, 2.45) is 0 Å². The van der Waals surface area contributed by atoms with Gasteiger partial charge in [0.15, 0.2) is 0 Å². The largest absolute Gasteiger partial charge is 0.396 e. The number of piperazine rings is 1. The van der Waals surface area contributed by atoms with Crippen LogP contribution in [0.4, 0.5) is 5.95 Å². The highest BCUT2D eigenvalue weighted by Crippen LogP contribution is 2.27. The first-order valence-electron chi connectivity index (χ1n) is 13.2. The lowest BCUT2D eigenvalue weighted by Gasteiger charge is -2.39. The van der Waals surface area contributed by atoms with E-state index in [1.54, 1.807) is 22.9 Å². The Morgan fingerprint density at radius 2 is 1.70 bits per heavy atom. The molecule has 4 rings (SSSR count). The monoisotopic (exact) mass is 506 g/mol. The van der Waals surface area contributed by atoms with E-state index in [1.165, 1.54) is 5.56 Å². The summed E-state index contributed by atoms with van der Waals surface area (Å²) in [6.07, 6.45) is 2.94. The third-order valence-corrected chi connectivity index (χ3v) is 7.17. The van der Waals surface area contributed by atoms with E-state index in [2.05, 4.69) is 58.3 Å². The number of anilines is 1. The standard InChI is InChI=1S/C28H38N6O3/c1-5-24(32-13-15-33(16-14-32)25(36)12-17-35)22-8-6-21(7-9-22)20(4)30-28-29-18-23-10-11-26(37)34(19(2)3)27(23)31-28/h6-11,18-20,24,35H,5,12-17H2,1-4H3,(H,29,30,31). The number of nitrogens with one attached hydrogen (secondary N) is 1. The lowest BCUT2D eigenvalue weighted by Crippen LogP contribution is -2.49. The molecule has 0 aliphatic carbocycles. The fourth-order valence-corrected chi connectivity index (χ4v) is 5.13. The van der Waals surface area contributed by atoms with E-state index in [4.69, 9.17) is 5.11 Å². The minimum Gasteiger partial charge on any atom is -0.396 e. The van der Waals surface area contributed by atoms with Gasteiger partial charge in [0, 0.05) is 62.3 Å². The number of hydrogen-bond acceptors (Lipinski definition) is 7. The summed E-state index contributed by atoms with van der Waals surface area (Å²) in [6.45, 7) is 11.2. The number of amides is 1. The number of rotatable bonds is 9. The molecule has 3 aromatic rings. The Labute approximate surface area is 218 Å². The number of nitrogens with zero attached hydrogens (tertiary/aromatic N) is 5. The van der Waals surface area contributed by atoms with Gasteiger partial charge in [-0.05, 0) is 44.4 Å². The Hall–Kier alpha value is -3.30. The molecule has 1 amide bonds. The second-order valence-corrected chi connectivity index (χ2v) is 9.95. The van der Waals surface area contributed by atoms with Crippen LogP contribution in [0.15, 0.2) is 47.4 Å². The van der Waals surface area contributed by atoms with Crippen molar-refractivity contribution in [3.63, 3.8) is 0 Å². The first-order chi connectivity index (χ1) is 17.8. The van der Waals surface area contributed by atoms with Crippen molar-refractivity contribution in [1.82, 2.24) is 24.3 Å². The molecule has 0 radical (unpaired) electrons. The number of carbonyl (C=O) groups excluding carboxylic acids is 1. The third kappa shape index (κ3) is 5.99. The lowest BCUT2D eigenvalue weighted by molar-refractivity contribution is -0.134. The van der Waals surface area contributed by atoms with Crippen molar-refractivity contribution in [2.75, 3.05) is 38.1 Å². The Morgan fingerprint density at radius 3 is 2.32 bits per heavy atom. The number of aliphatic hydroxyl groups is 1. The van der Waals surface area contributed by atoms with E-state index >= 15 is 0 Å². The SMILES string of the molecule is CCC(c1ccc(C(C)Nc2ncc3ccc(=O)n(C(C)C)c3n2)cc1)N1CCN(C(=O)CCO)CC1. The van der Waals surface area contributed by atoms with Crippen molar-refractivity contribution in [3.05, 3.63) is 64.1 Å². The molecule has 1 fully saturated rings. The average Bonchev–Trinajstić information content (AvgIpc) is 2.89. The van der Waals surface area contributed by atoms with E-state index in [0.717, 1.165) is 30.5 Å². The fraction of sp³-hybridized carbons (Fsp3) is 0.500. The molecular formula is C28H38N6O3. The van der Waals surface area contributed by atoms with Gasteiger partial charge in [0.05, 0.1) is 12.6 Å². The van der Waals surface area contributed by atoms with Crippen molar-refractivity contribution < 1.29 is 9.90 Å². The molecule has 2 N–H and O–H groups in total. The molecule has 0 saturated carbocycles. The highest BCUT2D eigenvalue weighted by molar-refractivity contribution is 5.76. The smallest absolute Gasteiger partial charge is 0.252 e. The second kappa shape index (κ2) is 11.8. The molecule has 1 aromatic carbocycles. The molecule has 0 bridgehead atoms. The molecule has 9 heteroatoms. The van der Waals surface area contributed by atoms with Crippen LogP contribution in [0, 0.1) is 0 Å². The van der Waals surface area contributed by atoms with Gasteiger partial charge in [-0.2, -0.15) is 4.98 Å². The third-order valence-electron chi connectivity index (χ3n) is 7.17. The van der Waals surface area contributed by atoms with Crippen LogP contribution in [0.1, 0.15) is 69.8 Å². The van der Waals surface area contributed by atoms with E-state index < -0.39 is 0 Å². The van der Waals surface area contributed by atoms with Gasteiger partial charge < -0.3 is 15.3 Å². The van der Waals surface area contributed by atoms with Gasteiger partial charge in [0.25, 0.3) is 5.56 Å². The predicted octanol–water partition coefficient (Wildman–Crippen LogP) is 3.52. The van der Waals surface area contributed by atoms with Gasteiger partial charge in [0.1, 0.15) is 5.65 Å². The van der Waals surface area contributed by atoms with Crippen LogP contribution in [0.3, 0.4) is 0 Å². The van der Waals surface area contributed by atoms with Crippen LogP contribution < -0.4 is 10.9 Å². The maximum absolute atomic E-state index is 12.4. The van der Waals surface area contributed by atoms with Crippen molar-refractivity contribution in [1.29, 1.82) is 0 Å². The highest BCUT2D eigenvalue weighted by Gasteiger charge is 2.26. The van der Waals surface area contributed by atoms with Gasteiger partial charge in [-0.25, -0.2) is 4.98 Å². The van der Waals surface area contributed by atoms with Gasteiger partial charge in [-0.3, -0.25) is 19.1 Å². The Bertz CT molecular complexity index is 1270. The van der Waals surface area contributed by atoms with E-state index in [0.29, 0.717) is 30.7 Å². The highest BCUT2D eigenvalue weighted by atomic mass is 16.3. The first kappa shape index (κ1) is 26.8. The summed E-state index contributed by atoms with van der Waals surface area (Å²) in [5.74, 6) is 0.521. The zero-order chi connectivity index (χ0) is 26.5. The number of carbonyl (C=O) groups is 1. The lowest BCUT2D eigenvalue weighted by atomic mass is 9.98. The number of benzene rings is 1. The van der Waals surface area contributed by atoms with E-state index in [9.17, 15) is 9.59 Å². The van der Waals surface area contributed by atoms with Gasteiger partial charge in [-0.15, -0.1) is 0 Å². The average molecular weight is 507 g/mol. The molecule has 3 heterocycles. The van der Waals surface area contributed by atoms with Crippen LogP contribution in [0.2, 0.25) is 0 Å². The molecular weight excluding hydrogens is 468 g/mol. The number of pyridine rings is 1. The topological polar surface area (TPSA) is 104 Å². The molecule has 0 spiro atoms. The summed E-state index contributed by atoms with van der Waals surface area (Å²) in [5, 5.41) is 13.3. The summed E-state index contributed by atoms with van der Waals surface area (Å²) < 4.78 is 1.69. The summed E-state index contributed by atoms with van der Waals surface area (Å²) >= 11 is 0. The minimum atomic E-state index is -0.0950. The number of hydrogen-bond donors (Lipinski definition) is 2. The quantitative estimate of drug-likeness (QED) is 0.458. The van der Waals surface area contributed by atoms with Crippen molar-refractivity contribution in [2.45, 2.75) is 58.7 Å². The predicted molar refractivity (Wildman–Crippen MR) is 146 cm³/mol. The molecule has 1 saturated heterocycles. The summed E-state index contributed by atoms with van der Waals surface area (Å²) in [6, 6.07) is 12.2. The first-order valence-corrected chi connectivity index (χ1v) is 13.2. The second-order valence-electron chi connectivity index (χ2n) is 9.95. The summed E-state index contributed by atoms with van der Waals surface area (Å²) in [4.78, 5) is 37.9. The van der Waals surface area contributed by atoms with Crippen LogP contribution in [-0.2, 0) is 4.79 Å². The summed E-state index contributed by atoms with van der Waals surface area (Å²) in [7, 11) is 0. The number of aliphatic hydroxyl groups excluding tert-OH is 1. The molecule has 1 aliphatic rings. The van der Waals surface area contributed by atoms with Crippen LogP contribution in [0.5, 0.6) is 0 Å². The zero-order valence-electron chi connectivity index (χ0n) is 22.2. The molecule has 2 aromatic heterocycles. The van der Waals surface area contributed by atoms with Crippen LogP contribution in [0.25, 0.3) is 11.0 Å². The van der Waals surface area contributed by atoms with Crippen LogP contribution >= 0.6 is 0 Å². The fourth-order valence-electron chi connectivity index (χ4n) is 5.13.